The van der Waals surface area contributed by atoms with Gasteiger partial charge in [0.1, 0.15) is 11.6 Å². The number of amides is 1. The Kier molecular flexibility index (Phi) is 7.46. The maximum atomic E-state index is 12.7. The minimum absolute atomic E-state index is 0.0353. The molecule has 0 aliphatic carbocycles. The normalized spacial score (nSPS) is 11.1. The molecule has 0 atom stereocenters. The van der Waals surface area contributed by atoms with Crippen molar-refractivity contribution in [3.05, 3.63) is 104 Å². The summed E-state index contributed by atoms with van der Waals surface area (Å²) in [6.45, 7) is 2.07. The van der Waals surface area contributed by atoms with E-state index in [1.165, 1.54) is 5.56 Å². The number of rotatable bonds is 6. The average molecular weight is 480 g/mol. The highest BCUT2D eigenvalue weighted by atomic mass is 79.9. The lowest BCUT2D eigenvalue weighted by molar-refractivity contribution is -0.112. The third kappa shape index (κ3) is 5.60. The second kappa shape index (κ2) is 10.2. The van der Waals surface area contributed by atoms with E-state index in [1.54, 1.807) is 6.08 Å². The van der Waals surface area contributed by atoms with Crippen molar-refractivity contribution in [2.45, 2.75) is 19.8 Å². The summed E-state index contributed by atoms with van der Waals surface area (Å²) in [4.78, 5) is 12.7. The fourth-order valence-electron chi connectivity index (χ4n) is 3.03. The highest BCUT2D eigenvalue weighted by Gasteiger charge is 2.12. The minimum Gasteiger partial charge on any atom is -0.321 e. The Morgan fingerprint density at radius 3 is 2.50 bits per heavy atom. The number of carbonyl (C=O) groups excluding carboxylic acids is 1. The first-order valence-corrected chi connectivity index (χ1v) is 10.7. The summed E-state index contributed by atoms with van der Waals surface area (Å²) in [6.07, 6.45) is 3.14. The van der Waals surface area contributed by atoms with E-state index >= 15 is 0 Å². The van der Waals surface area contributed by atoms with Crippen LogP contribution in [0.25, 0.3) is 6.08 Å². The van der Waals surface area contributed by atoms with Crippen molar-refractivity contribution >= 4 is 45.2 Å². The monoisotopic (exact) mass is 478 g/mol. The molecule has 3 aromatic rings. The number of aryl methyl sites for hydroxylation is 1. The van der Waals surface area contributed by atoms with Crippen LogP contribution in [0.4, 0.5) is 5.69 Å². The SMILES string of the molecule is CCc1ccc(NC(=O)/C(C#N)=C/c2cc(Br)ccc2Cc2ccccc2Cl)cc1. The molecule has 3 nitrogen and oxygen atoms in total. The van der Waals surface area contributed by atoms with Crippen LogP contribution in [0.5, 0.6) is 0 Å². The third-order valence-corrected chi connectivity index (χ3v) is 5.59. The molecule has 0 saturated heterocycles. The van der Waals surface area contributed by atoms with Crippen molar-refractivity contribution in [1.29, 1.82) is 5.26 Å². The van der Waals surface area contributed by atoms with Gasteiger partial charge in [0.05, 0.1) is 0 Å². The maximum absolute atomic E-state index is 12.7. The Labute approximate surface area is 190 Å². The van der Waals surface area contributed by atoms with Gasteiger partial charge in [0.15, 0.2) is 0 Å². The predicted octanol–water partition coefficient (Wildman–Crippen LogP) is 6.80. The van der Waals surface area contributed by atoms with Gasteiger partial charge in [-0.25, -0.2) is 0 Å². The molecule has 3 rings (SSSR count). The van der Waals surface area contributed by atoms with Gasteiger partial charge in [-0.2, -0.15) is 5.26 Å². The quantitative estimate of drug-likeness (QED) is 0.312. The lowest BCUT2D eigenvalue weighted by atomic mass is 9.98. The number of nitrogens with zero attached hydrogens (tertiary/aromatic N) is 1. The van der Waals surface area contributed by atoms with E-state index in [0.29, 0.717) is 17.1 Å². The fraction of sp³-hybridized carbons (Fsp3) is 0.120. The highest BCUT2D eigenvalue weighted by molar-refractivity contribution is 9.10. The van der Waals surface area contributed by atoms with Crippen LogP contribution in [0.2, 0.25) is 5.02 Å². The molecule has 0 unspecified atom stereocenters. The van der Waals surface area contributed by atoms with E-state index in [4.69, 9.17) is 11.6 Å². The Morgan fingerprint density at radius 2 is 1.83 bits per heavy atom. The summed E-state index contributed by atoms with van der Waals surface area (Å²) >= 11 is 9.79. The number of hydrogen-bond donors (Lipinski definition) is 1. The zero-order valence-electron chi connectivity index (χ0n) is 16.5. The summed E-state index contributed by atoms with van der Waals surface area (Å²) in [6, 6.07) is 23.1. The third-order valence-electron chi connectivity index (χ3n) is 4.73. The number of hydrogen-bond acceptors (Lipinski definition) is 2. The molecular weight excluding hydrogens is 460 g/mol. The molecule has 1 amide bonds. The number of nitrogens with one attached hydrogen (secondary N) is 1. The molecule has 0 bridgehead atoms. The highest BCUT2D eigenvalue weighted by Crippen LogP contribution is 2.25. The van der Waals surface area contributed by atoms with Gasteiger partial charge < -0.3 is 5.32 Å². The maximum Gasteiger partial charge on any atom is 0.266 e. The standard InChI is InChI=1S/C25H20BrClN2O/c1-2-17-7-11-23(12-8-17)29-25(30)21(16-28)14-20-15-22(26)10-9-18(20)13-19-5-3-4-6-24(19)27/h3-12,14-15H,2,13H2,1H3,(H,29,30)/b21-14+. The van der Waals surface area contributed by atoms with Gasteiger partial charge in [-0.3, -0.25) is 4.79 Å². The predicted molar refractivity (Wildman–Crippen MR) is 126 cm³/mol. The van der Waals surface area contributed by atoms with Crippen molar-refractivity contribution < 1.29 is 4.79 Å². The molecule has 30 heavy (non-hydrogen) atoms. The first kappa shape index (κ1) is 21.8. The van der Waals surface area contributed by atoms with Crippen LogP contribution in [0.15, 0.2) is 76.8 Å². The zero-order valence-corrected chi connectivity index (χ0v) is 18.8. The fourth-order valence-corrected chi connectivity index (χ4v) is 3.62. The Hall–Kier alpha value is -2.87. The van der Waals surface area contributed by atoms with E-state index in [2.05, 4.69) is 28.2 Å². The molecule has 1 N–H and O–H groups in total. The van der Waals surface area contributed by atoms with Crippen LogP contribution in [0.3, 0.4) is 0 Å². The summed E-state index contributed by atoms with van der Waals surface area (Å²) < 4.78 is 0.865. The molecule has 0 heterocycles. The minimum atomic E-state index is -0.439. The van der Waals surface area contributed by atoms with Crippen molar-refractivity contribution in [2.75, 3.05) is 5.32 Å². The van der Waals surface area contributed by atoms with Crippen molar-refractivity contribution in [1.82, 2.24) is 0 Å². The van der Waals surface area contributed by atoms with Crippen LogP contribution in [-0.4, -0.2) is 5.91 Å². The van der Waals surface area contributed by atoms with Gasteiger partial charge in [-0.1, -0.05) is 70.9 Å². The summed E-state index contributed by atoms with van der Waals surface area (Å²) in [5, 5.41) is 13.1. The van der Waals surface area contributed by atoms with Crippen molar-refractivity contribution in [3.8, 4) is 6.07 Å². The lowest BCUT2D eigenvalue weighted by Gasteiger charge is -2.10. The molecule has 0 aromatic heterocycles. The van der Waals surface area contributed by atoms with Gasteiger partial charge in [0.2, 0.25) is 0 Å². The van der Waals surface area contributed by atoms with E-state index in [-0.39, 0.29) is 5.57 Å². The number of carbonyl (C=O) groups is 1. The van der Waals surface area contributed by atoms with E-state index in [0.717, 1.165) is 27.6 Å². The van der Waals surface area contributed by atoms with E-state index < -0.39 is 5.91 Å². The summed E-state index contributed by atoms with van der Waals surface area (Å²) in [7, 11) is 0. The number of anilines is 1. The van der Waals surface area contributed by atoms with Crippen LogP contribution in [0, 0.1) is 11.3 Å². The smallest absolute Gasteiger partial charge is 0.266 e. The second-order valence-corrected chi connectivity index (χ2v) is 8.11. The average Bonchev–Trinajstić information content (AvgIpc) is 2.75. The second-order valence-electron chi connectivity index (χ2n) is 6.79. The van der Waals surface area contributed by atoms with Crippen LogP contribution in [0.1, 0.15) is 29.2 Å². The van der Waals surface area contributed by atoms with Gasteiger partial charge in [-0.15, -0.1) is 0 Å². The number of benzene rings is 3. The Balaban J connectivity index is 1.89. The molecule has 0 aliphatic rings. The molecule has 0 saturated carbocycles. The van der Waals surface area contributed by atoms with Crippen molar-refractivity contribution in [2.24, 2.45) is 0 Å². The Morgan fingerprint density at radius 1 is 1.10 bits per heavy atom. The molecule has 150 valence electrons. The first-order valence-electron chi connectivity index (χ1n) is 9.54. The molecule has 3 aromatic carbocycles. The van der Waals surface area contributed by atoms with Crippen molar-refractivity contribution in [3.63, 3.8) is 0 Å². The number of nitriles is 1. The first-order chi connectivity index (χ1) is 14.5. The molecule has 5 heteroatoms. The summed E-state index contributed by atoms with van der Waals surface area (Å²) in [5.41, 5.74) is 4.62. The van der Waals surface area contributed by atoms with Crippen LogP contribution < -0.4 is 5.32 Å². The van der Waals surface area contributed by atoms with Crippen LogP contribution in [-0.2, 0) is 17.6 Å². The van der Waals surface area contributed by atoms with Gasteiger partial charge in [0, 0.05) is 15.2 Å². The van der Waals surface area contributed by atoms with Gasteiger partial charge in [0.25, 0.3) is 5.91 Å². The summed E-state index contributed by atoms with van der Waals surface area (Å²) in [5.74, 6) is -0.439. The zero-order chi connectivity index (χ0) is 21.5. The Bertz CT molecular complexity index is 1130. The van der Waals surface area contributed by atoms with Crippen LogP contribution >= 0.6 is 27.5 Å². The largest absolute Gasteiger partial charge is 0.321 e. The molecule has 0 spiro atoms. The van der Waals surface area contributed by atoms with E-state index in [9.17, 15) is 10.1 Å². The topological polar surface area (TPSA) is 52.9 Å². The van der Waals surface area contributed by atoms with E-state index in [1.807, 2.05) is 72.8 Å². The lowest BCUT2D eigenvalue weighted by Crippen LogP contribution is -2.13. The van der Waals surface area contributed by atoms with Gasteiger partial charge >= 0.3 is 0 Å². The molecule has 0 fully saturated rings. The van der Waals surface area contributed by atoms with Gasteiger partial charge in [-0.05, 0) is 71.5 Å². The molecule has 0 radical (unpaired) electrons. The molecular formula is C25H20BrClN2O. The number of halogens is 2. The molecule has 0 aliphatic heterocycles.